The Morgan fingerprint density at radius 3 is 3.00 bits per heavy atom. The van der Waals surface area contributed by atoms with Crippen molar-refractivity contribution in [1.29, 1.82) is 0 Å². The molecule has 2 unspecified atom stereocenters. The van der Waals surface area contributed by atoms with Gasteiger partial charge in [-0.1, -0.05) is 12.0 Å². The van der Waals surface area contributed by atoms with E-state index in [1.807, 2.05) is 0 Å². The van der Waals surface area contributed by atoms with Gasteiger partial charge in [-0.05, 0) is 12.3 Å². The van der Waals surface area contributed by atoms with Crippen molar-refractivity contribution in [1.82, 2.24) is 10.2 Å². The molecule has 0 spiro atoms. The Morgan fingerprint density at radius 1 is 1.62 bits per heavy atom. The molecule has 1 aliphatic carbocycles. The second kappa shape index (κ2) is 3.54. The maximum Gasteiger partial charge on any atom is 0.315 e. The van der Waals surface area contributed by atoms with Crippen molar-refractivity contribution in [2.24, 2.45) is 5.92 Å². The molecule has 1 N–H and O–H groups in total. The highest BCUT2D eigenvalue weighted by atomic mass is 35.5. The fourth-order valence-corrected chi connectivity index (χ4v) is 1.34. The molecule has 0 bridgehead atoms. The van der Waals surface area contributed by atoms with Gasteiger partial charge in [0.15, 0.2) is 0 Å². The average molecular weight is 202 g/mol. The van der Waals surface area contributed by atoms with Gasteiger partial charge in [-0.2, -0.15) is 0 Å². The van der Waals surface area contributed by atoms with Crippen LogP contribution in [0.5, 0.6) is 0 Å². The fraction of sp³-hybridized carbons (Fsp3) is 0.750. The molecule has 1 aromatic rings. The van der Waals surface area contributed by atoms with E-state index in [4.69, 9.17) is 16.0 Å². The summed E-state index contributed by atoms with van der Waals surface area (Å²) in [5.41, 5.74) is 0. The first-order chi connectivity index (χ1) is 6.29. The van der Waals surface area contributed by atoms with Gasteiger partial charge in [0.2, 0.25) is 5.89 Å². The summed E-state index contributed by atoms with van der Waals surface area (Å²) >= 11 is 5.54. The number of rotatable bonds is 4. The number of nitrogens with one attached hydrogen (secondary N) is 1. The summed E-state index contributed by atoms with van der Waals surface area (Å²) in [5, 5.41) is 10.9. The second-order valence-electron chi connectivity index (χ2n) is 3.40. The summed E-state index contributed by atoms with van der Waals surface area (Å²) in [7, 11) is 0. The molecule has 0 radical (unpaired) electrons. The molecule has 4 nitrogen and oxygen atoms in total. The van der Waals surface area contributed by atoms with Crippen LogP contribution in [0.25, 0.3) is 0 Å². The first-order valence-electron chi connectivity index (χ1n) is 4.44. The Morgan fingerprint density at radius 2 is 2.38 bits per heavy atom. The topological polar surface area (TPSA) is 51.0 Å². The minimum Gasteiger partial charge on any atom is -0.408 e. The largest absolute Gasteiger partial charge is 0.408 e. The van der Waals surface area contributed by atoms with E-state index in [2.05, 4.69) is 22.4 Å². The summed E-state index contributed by atoms with van der Waals surface area (Å²) in [5.74, 6) is 1.84. The van der Waals surface area contributed by atoms with E-state index in [0.29, 0.717) is 30.2 Å². The molecule has 0 amide bonds. The monoisotopic (exact) mass is 201 g/mol. The van der Waals surface area contributed by atoms with Crippen molar-refractivity contribution in [3.8, 4) is 0 Å². The number of hydrogen-bond acceptors (Lipinski definition) is 4. The van der Waals surface area contributed by atoms with Crippen molar-refractivity contribution in [3.63, 3.8) is 0 Å². The molecular weight excluding hydrogens is 190 g/mol. The lowest BCUT2D eigenvalue weighted by atomic mass is 10.5. The predicted molar refractivity (Wildman–Crippen MR) is 49.9 cm³/mol. The number of aryl methyl sites for hydroxylation is 1. The summed E-state index contributed by atoms with van der Waals surface area (Å²) in [6, 6.07) is 1.04. The Hall–Kier alpha value is -0.770. The molecule has 2 rings (SSSR count). The first kappa shape index (κ1) is 8.81. The highest BCUT2D eigenvalue weighted by molar-refractivity contribution is 6.17. The van der Waals surface area contributed by atoms with Gasteiger partial charge >= 0.3 is 6.01 Å². The van der Waals surface area contributed by atoms with E-state index in [-0.39, 0.29) is 0 Å². The second-order valence-corrected chi connectivity index (χ2v) is 3.78. The molecule has 5 heteroatoms. The van der Waals surface area contributed by atoms with E-state index in [9.17, 15) is 0 Å². The lowest BCUT2D eigenvalue weighted by molar-refractivity contribution is 0.511. The van der Waals surface area contributed by atoms with Crippen LogP contribution in [0.3, 0.4) is 0 Å². The predicted octanol–water partition coefficient (Wildman–Crippen LogP) is 1.67. The van der Waals surface area contributed by atoms with Crippen LogP contribution in [0.4, 0.5) is 6.01 Å². The number of halogens is 1. The van der Waals surface area contributed by atoms with E-state index in [1.165, 1.54) is 6.42 Å². The average Bonchev–Trinajstić information content (AvgIpc) is 2.63. The van der Waals surface area contributed by atoms with Gasteiger partial charge in [0, 0.05) is 18.3 Å². The molecule has 0 aliphatic heterocycles. The van der Waals surface area contributed by atoms with Crippen LogP contribution >= 0.6 is 11.6 Å². The van der Waals surface area contributed by atoms with Gasteiger partial charge in [-0.15, -0.1) is 16.7 Å². The van der Waals surface area contributed by atoms with Crippen LogP contribution in [0.15, 0.2) is 4.42 Å². The maximum absolute atomic E-state index is 5.54. The van der Waals surface area contributed by atoms with Crippen LogP contribution in [0.1, 0.15) is 19.2 Å². The highest BCUT2D eigenvalue weighted by Gasteiger charge is 2.33. The number of alkyl halides is 1. The molecule has 1 saturated carbocycles. The normalized spacial score (nSPS) is 26.0. The number of anilines is 1. The Labute approximate surface area is 81.7 Å². The minimum atomic E-state index is 0.515. The fourth-order valence-electron chi connectivity index (χ4n) is 1.18. The molecule has 0 aromatic carbocycles. The smallest absolute Gasteiger partial charge is 0.315 e. The zero-order valence-electron chi connectivity index (χ0n) is 7.46. The van der Waals surface area contributed by atoms with Crippen LogP contribution in [0, 0.1) is 5.92 Å². The van der Waals surface area contributed by atoms with Gasteiger partial charge in [0.05, 0.1) is 0 Å². The first-order valence-corrected chi connectivity index (χ1v) is 4.98. The van der Waals surface area contributed by atoms with Crippen molar-refractivity contribution in [2.75, 3.05) is 11.2 Å². The summed E-state index contributed by atoms with van der Waals surface area (Å²) in [6.07, 6.45) is 1.82. The third-order valence-corrected chi connectivity index (χ3v) is 2.38. The molecule has 1 aliphatic rings. The Bertz CT molecular complexity index is 289. The number of aromatic nitrogens is 2. The zero-order chi connectivity index (χ0) is 9.26. The standard InChI is InChI=1S/C8H12ClN3O/c1-5-4-6(5)10-8-12-11-7(13-8)2-3-9/h5-6H,2-4H2,1H3,(H,10,12). The van der Waals surface area contributed by atoms with Crippen LogP contribution in [-0.2, 0) is 6.42 Å². The molecular formula is C8H12ClN3O. The Kier molecular flexibility index (Phi) is 2.40. The van der Waals surface area contributed by atoms with Gasteiger partial charge in [0.1, 0.15) is 0 Å². The van der Waals surface area contributed by atoms with Gasteiger partial charge in [0.25, 0.3) is 0 Å². The Balaban J connectivity index is 1.89. The van der Waals surface area contributed by atoms with Crippen LogP contribution in [0.2, 0.25) is 0 Å². The van der Waals surface area contributed by atoms with Crippen LogP contribution in [-0.4, -0.2) is 22.1 Å². The van der Waals surface area contributed by atoms with Gasteiger partial charge in [-0.25, -0.2) is 0 Å². The third kappa shape index (κ3) is 2.12. The molecule has 2 atom stereocenters. The summed E-state index contributed by atoms with van der Waals surface area (Å²) in [4.78, 5) is 0. The van der Waals surface area contributed by atoms with E-state index < -0.39 is 0 Å². The highest BCUT2D eigenvalue weighted by Crippen LogP contribution is 2.32. The minimum absolute atomic E-state index is 0.515. The third-order valence-electron chi connectivity index (χ3n) is 2.19. The molecule has 0 saturated heterocycles. The number of hydrogen-bond donors (Lipinski definition) is 1. The molecule has 1 fully saturated rings. The summed E-state index contributed by atoms with van der Waals surface area (Å²) in [6.45, 7) is 2.19. The maximum atomic E-state index is 5.54. The lowest BCUT2D eigenvalue weighted by Crippen LogP contribution is -2.03. The van der Waals surface area contributed by atoms with Gasteiger partial charge < -0.3 is 9.73 Å². The van der Waals surface area contributed by atoms with Crippen molar-refractivity contribution in [3.05, 3.63) is 5.89 Å². The van der Waals surface area contributed by atoms with Crippen LogP contribution < -0.4 is 5.32 Å². The molecule has 1 aromatic heterocycles. The van der Waals surface area contributed by atoms with Gasteiger partial charge in [-0.3, -0.25) is 0 Å². The molecule has 72 valence electrons. The van der Waals surface area contributed by atoms with Crippen molar-refractivity contribution >= 4 is 17.6 Å². The van der Waals surface area contributed by atoms with Crippen molar-refractivity contribution < 1.29 is 4.42 Å². The number of nitrogens with zero attached hydrogens (tertiary/aromatic N) is 2. The van der Waals surface area contributed by atoms with E-state index in [1.54, 1.807) is 0 Å². The van der Waals surface area contributed by atoms with Crippen molar-refractivity contribution in [2.45, 2.75) is 25.8 Å². The van der Waals surface area contributed by atoms with E-state index in [0.717, 1.165) is 5.92 Å². The van der Waals surface area contributed by atoms with E-state index >= 15 is 0 Å². The quantitative estimate of drug-likeness (QED) is 0.753. The lowest BCUT2D eigenvalue weighted by Gasteiger charge is -1.95. The SMILES string of the molecule is CC1CC1Nc1nnc(CCCl)o1. The zero-order valence-corrected chi connectivity index (χ0v) is 8.21. The molecule has 13 heavy (non-hydrogen) atoms. The molecule has 1 heterocycles. The summed E-state index contributed by atoms with van der Waals surface area (Å²) < 4.78 is 5.31.